The smallest absolute Gasteiger partial charge is 0.288 e. The number of carbonyl (C=O) groups is 2. The van der Waals surface area contributed by atoms with E-state index in [1.807, 2.05) is 30.3 Å². The Balaban J connectivity index is 1.56. The van der Waals surface area contributed by atoms with Gasteiger partial charge in [0.15, 0.2) is 6.61 Å². The van der Waals surface area contributed by atoms with Gasteiger partial charge in [0.2, 0.25) is 0 Å². The van der Waals surface area contributed by atoms with Crippen molar-refractivity contribution < 1.29 is 14.3 Å². The molecule has 6 nitrogen and oxygen atoms in total. The molecule has 0 saturated heterocycles. The molecule has 0 aliphatic rings. The van der Waals surface area contributed by atoms with E-state index in [4.69, 9.17) is 4.74 Å². The van der Waals surface area contributed by atoms with E-state index in [-0.39, 0.29) is 12.3 Å². The molecule has 0 radical (unpaired) electrons. The van der Waals surface area contributed by atoms with Gasteiger partial charge in [0.1, 0.15) is 11.4 Å². The van der Waals surface area contributed by atoms with Gasteiger partial charge in [-0.25, -0.2) is 0 Å². The molecule has 1 heterocycles. The van der Waals surface area contributed by atoms with Gasteiger partial charge in [0.05, 0.1) is 4.47 Å². The van der Waals surface area contributed by atoms with Crippen molar-refractivity contribution in [2.24, 2.45) is 0 Å². The molecule has 3 aromatic rings. The summed E-state index contributed by atoms with van der Waals surface area (Å²) in [5.74, 6) is -0.435. The zero-order chi connectivity index (χ0) is 17.6. The number of carbonyl (C=O) groups excluding carboxylic acids is 2. The van der Waals surface area contributed by atoms with E-state index in [1.54, 1.807) is 24.3 Å². The molecule has 0 unspecified atom stereocenters. The SMILES string of the molecule is O=C(COc1ccc2ccccc2c1Br)NNC(=O)c1ccccn1. The van der Waals surface area contributed by atoms with Gasteiger partial charge in [0, 0.05) is 6.20 Å². The summed E-state index contributed by atoms with van der Waals surface area (Å²) in [5, 5.41) is 2.05. The first-order valence-corrected chi connectivity index (χ1v) is 8.25. The monoisotopic (exact) mass is 399 g/mol. The van der Waals surface area contributed by atoms with Crippen LogP contribution in [0.4, 0.5) is 0 Å². The van der Waals surface area contributed by atoms with Gasteiger partial charge in [-0.15, -0.1) is 0 Å². The average molecular weight is 400 g/mol. The average Bonchev–Trinajstić information content (AvgIpc) is 2.66. The number of nitrogens with one attached hydrogen (secondary N) is 2. The van der Waals surface area contributed by atoms with Gasteiger partial charge < -0.3 is 4.74 Å². The molecule has 0 bridgehead atoms. The van der Waals surface area contributed by atoms with E-state index in [2.05, 4.69) is 31.8 Å². The van der Waals surface area contributed by atoms with Crippen LogP contribution in [-0.2, 0) is 4.79 Å². The van der Waals surface area contributed by atoms with Crippen LogP contribution in [0.3, 0.4) is 0 Å². The standard InChI is InChI=1S/C18H14BrN3O3/c19-17-13-6-2-1-5-12(13)8-9-15(17)25-11-16(23)21-22-18(24)14-7-3-4-10-20-14/h1-10H,11H2,(H,21,23)(H,22,24). The lowest BCUT2D eigenvalue weighted by Crippen LogP contribution is -2.44. The van der Waals surface area contributed by atoms with Crippen molar-refractivity contribution in [3.63, 3.8) is 0 Å². The molecule has 0 atom stereocenters. The highest BCUT2D eigenvalue weighted by molar-refractivity contribution is 9.10. The molecule has 0 saturated carbocycles. The Morgan fingerprint density at radius 3 is 2.60 bits per heavy atom. The number of rotatable bonds is 4. The highest BCUT2D eigenvalue weighted by Gasteiger charge is 2.10. The second kappa shape index (κ2) is 7.76. The van der Waals surface area contributed by atoms with Gasteiger partial charge in [-0.05, 0) is 44.9 Å². The van der Waals surface area contributed by atoms with Crippen molar-refractivity contribution in [2.45, 2.75) is 0 Å². The minimum atomic E-state index is -0.499. The van der Waals surface area contributed by atoms with E-state index in [0.717, 1.165) is 15.2 Å². The highest BCUT2D eigenvalue weighted by atomic mass is 79.9. The summed E-state index contributed by atoms with van der Waals surface area (Å²) in [6, 6.07) is 16.5. The largest absolute Gasteiger partial charge is 0.483 e. The number of hydrogen-bond donors (Lipinski definition) is 2. The molecule has 126 valence electrons. The van der Waals surface area contributed by atoms with Crippen LogP contribution in [-0.4, -0.2) is 23.4 Å². The quantitative estimate of drug-likeness (QED) is 0.661. The molecule has 2 amide bonds. The summed E-state index contributed by atoms with van der Waals surface area (Å²) in [4.78, 5) is 27.5. The van der Waals surface area contributed by atoms with Gasteiger partial charge in [-0.2, -0.15) is 0 Å². The molecule has 0 aliphatic carbocycles. The van der Waals surface area contributed by atoms with Crippen LogP contribution in [0.25, 0.3) is 10.8 Å². The van der Waals surface area contributed by atoms with E-state index in [0.29, 0.717) is 5.75 Å². The van der Waals surface area contributed by atoms with E-state index in [9.17, 15) is 9.59 Å². The predicted octanol–water partition coefficient (Wildman–Crippen LogP) is 2.84. The number of aromatic nitrogens is 1. The number of nitrogens with zero attached hydrogens (tertiary/aromatic N) is 1. The Kier molecular flexibility index (Phi) is 5.25. The van der Waals surface area contributed by atoms with Crippen molar-refractivity contribution in [1.82, 2.24) is 15.8 Å². The van der Waals surface area contributed by atoms with Crippen LogP contribution in [0.15, 0.2) is 65.3 Å². The maximum Gasteiger partial charge on any atom is 0.288 e. The number of amides is 2. The second-order valence-electron chi connectivity index (χ2n) is 5.10. The molecule has 0 fully saturated rings. The molecular weight excluding hydrogens is 386 g/mol. The Morgan fingerprint density at radius 1 is 1.00 bits per heavy atom. The number of pyridine rings is 1. The molecule has 0 spiro atoms. The lowest BCUT2D eigenvalue weighted by Gasteiger charge is -2.11. The number of benzene rings is 2. The first kappa shape index (κ1) is 16.9. The third-order valence-electron chi connectivity index (χ3n) is 3.40. The zero-order valence-electron chi connectivity index (χ0n) is 13.0. The van der Waals surface area contributed by atoms with Crippen LogP contribution in [0.5, 0.6) is 5.75 Å². The third-order valence-corrected chi connectivity index (χ3v) is 4.22. The summed E-state index contributed by atoms with van der Waals surface area (Å²) >= 11 is 3.49. The number of hydrazine groups is 1. The fourth-order valence-electron chi connectivity index (χ4n) is 2.19. The maximum absolute atomic E-state index is 11.8. The highest BCUT2D eigenvalue weighted by Crippen LogP contribution is 2.32. The summed E-state index contributed by atoms with van der Waals surface area (Å²) in [6.45, 7) is -0.237. The summed E-state index contributed by atoms with van der Waals surface area (Å²) in [7, 11) is 0. The summed E-state index contributed by atoms with van der Waals surface area (Å²) < 4.78 is 6.29. The second-order valence-corrected chi connectivity index (χ2v) is 5.90. The minimum Gasteiger partial charge on any atom is -0.483 e. The van der Waals surface area contributed by atoms with Gasteiger partial charge in [-0.3, -0.25) is 25.4 Å². The van der Waals surface area contributed by atoms with Crippen molar-refractivity contribution in [2.75, 3.05) is 6.61 Å². The van der Waals surface area contributed by atoms with E-state index in [1.165, 1.54) is 6.20 Å². The predicted molar refractivity (Wildman–Crippen MR) is 97.0 cm³/mol. The molecular formula is C18H14BrN3O3. The molecule has 0 aliphatic heterocycles. The van der Waals surface area contributed by atoms with Crippen molar-refractivity contribution >= 4 is 38.5 Å². The van der Waals surface area contributed by atoms with E-state index >= 15 is 0 Å². The number of hydrogen-bond acceptors (Lipinski definition) is 4. The minimum absolute atomic E-state index is 0.209. The van der Waals surface area contributed by atoms with Crippen molar-refractivity contribution in [3.05, 3.63) is 71.0 Å². The summed E-state index contributed by atoms with van der Waals surface area (Å²) in [6.07, 6.45) is 1.50. The van der Waals surface area contributed by atoms with Gasteiger partial charge in [-0.1, -0.05) is 36.4 Å². The number of halogens is 1. The Hall–Kier alpha value is -2.93. The Morgan fingerprint density at radius 2 is 1.80 bits per heavy atom. The lowest BCUT2D eigenvalue weighted by atomic mass is 10.1. The van der Waals surface area contributed by atoms with Crippen molar-refractivity contribution in [1.29, 1.82) is 0 Å². The summed E-state index contributed by atoms with van der Waals surface area (Å²) in [5.41, 5.74) is 4.78. The molecule has 2 N–H and O–H groups in total. The van der Waals surface area contributed by atoms with Crippen LogP contribution in [0.2, 0.25) is 0 Å². The Labute approximate surface area is 152 Å². The molecule has 2 aromatic carbocycles. The van der Waals surface area contributed by atoms with Crippen LogP contribution >= 0.6 is 15.9 Å². The molecule has 25 heavy (non-hydrogen) atoms. The van der Waals surface area contributed by atoms with Crippen LogP contribution < -0.4 is 15.6 Å². The van der Waals surface area contributed by atoms with Crippen LogP contribution in [0, 0.1) is 0 Å². The fourth-order valence-corrected chi connectivity index (χ4v) is 2.80. The van der Waals surface area contributed by atoms with Crippen LogP contribution in [0.1, 0.15) is 10.5 Å². The fraction of sp³-hybridized carbons (Fsp3) is 0.0556. The van der Waals surface area contributed by atoms with Gasteiger partial charge in [0.25, 0.3) is 11.8 Å². The van der Waals surface area contributed by atoms with Gasteiger partial charge >= 0.3 is 0 Å². The first-order valence-electron chi connectivity index (χ1n) is 7.45. The topological polar surface area (TPSA) is 80.3 Å². The van der Waals surface area contributed by atoms with Crippen molar-refractivity contribution in [3.8, 4) is 5.75 Å². The molecule has 1 aromatic heterocycles. The third kappa shape index (κ3) is 4.13. The number of ether oxygens (including phenoxy) is 1. The maximum atomic E-state index is 11.8. The van der Waals surface area contributed by atoms with E-state index < -0.39 is 11.8 Å². The number of fused-ring (bicyclic) bond motifs is 1. The lowest BCUT2D eigenvalue weighted by molar-refractivity contribution is -0.123. The Bertz CT molecular complexity index is 916. The zero-order valence-corrected chi connectivity index (χ0v) is 14.6. The molecule has 7 heteroatoms. The normalized spacial score (nSPS) is 10.3. The first-order chi connectivity index (χ1) is 12.1. The molecule has 3 rings (SSSR count).